The van der Waals surface area contributed by atoms with Gasteiger partial charge >= 0.3 is 0 Å². The molecule has 0 saturated carbocycles. The molecule has 1 heterocycles. The van der Waals surface area contributed by atoms with E-state index in [4.69, 9.17) is 10.6 Å². The van der Waals surface area contributed by atoms with Crippen LogP contribution in [0.2, 0.25) is 0 Å². The summed E-state index contributed by atoms with van der Waals surface area (Å²) in [6.07, 6.45) is 0.407. The molecule has 116 valence electrons. The number of carbonyl (C=O) groups excluding carboxylic acids is 1. The molecular formula is C15H18N4O2S. The molecule has 2 aromatic rings. The summed E-state index contributed by atoms with van der Waals surface area (Å²) in [4.78, 5) is 21.0. The molecule has 6 nitrogen and oxygen atoms in total. The quantitative estimate of drug-likeness (QED) is 0.485. The third kappa shape index (κ3) is 5.17. The van der Waals surface area contributed by atoms with Crippen LogP contribution in [0.25, 0.3) is 0 Å². The van der Waals surface area contributed by atoms with Gasteiger partial charge in [-0.1, -0.05) is 17.3 Å². The van der Waals surface area contributed by atoms with Gasteiger partial charge < -0.3 is 15.9 Å². The van der Waals surface area contributed by atoms with Crippen LogP contribution >= 0.6 is 11.3 Å². The Hall–Kier alpha value is -2.41. The number of nitrogens with one attached hydrogen (secondary N) is 1. The van der Waals surface area contributed by atoms with E-state index in [1.54, 1.807) is 11.3 Å². The van der Waals surface area contributed by atoms with E-state index in [0.717, 1.165) is 22.0 Å². The van der Waals surface area contributed by atoms with Crippen molar-refractivity contribution in [3.63, 3.8) is 0 Å². The number of aryl methyl sites for hydroxylation is 2. The SMILES string of the molecule is Cc1cccc(NC(=O)CON=C(N)Cc2csc(C)n2)c1. The van der Waals surface area contributed by atoms with E-state index in [1.807, 2.05) is 43.5 Å². The normalized spacial score (nSPS) is 11.3. The summed E-state index contributed by atoms with van der Waals surface area (Å²) in [5.41, 5.74) is 8.37. The van der Waals surface area contributed by atoms with Crippen molar-refractivity contribution in [2.24, 2.45) is 10.9 Å². The van der Waals surface area contributed by atoms with E-state index < -0.39 is 0 Å². The van der Waals surface area contributed by atoms with Gasteiger partial charge in [-0.25, -0.2) is 4.98 Å². The molecule has 2 rings (SSSR count). The zero-order valence-electron chi connectivity index (χ0n) is 12.5. The highest BCUT2D eigenvalue weighted by Gasteiger charge is 2.05. The van der Waals surface area contributed by atoms with Gasteiger partial charge in [-0.05, 0) is 31.5 Å². The van der Waals surface area contributed by atoms with Gasteiger partial charge in [-0.2, -0.15) is 0 Å². The Morgan fingerprint density at radius 2 is 2.27 bits per heavy atom. The molecule has 1 amide bonds. The van der Waals surface area contributed by atoms with Crippen LogP contribution in [0, 0.1) is 13.8 Å². The first kappa shape index (κ1) is 16.0. The molecule has 1 aromatic carbocycles. The number of anilines is 1. The number of hydrogen-bond donors (Lipinski definition) is 2. The van der Waals surface area contributed by atoms with E-state index >= 15 is 0 Å². The molecule has 0 aliphatic rings. The molecule has 0 aliphatic carbocycles. The fourth-order valence-electron chi connectivity index (χ4n) is 1.80. The van der Waals surface area contributed by atoms with Crippen LogP contribution in [-0.4, -0.2) is 23.3 Å². The van der Waals surface area contributed by atoms with Gasteiger partial charge in [-0.3, -0.25) is 4.79 Å². The minimum absolute atomic E-state index is 0.190. The van der Waals surface area contributed by atoms with Crippen molar-refractivity contribution in [3.05, 3.63) is 45.9 Å². The highest BCUT2D eigenvalue weighted by atomic mass is 32.1. The summed E-state index contributed by atoms with van der Waals surface area (Å²) in [5, 5.41) is 9.34. The van der Waals surface area contributed by atoms with Crippen molar-refractivity contribution in [1.82, 2.24) is 4.98 Å². The Kier molecular flexibility index (Phi) is 5.48. The zero-order valence-corrected chi connectivity index (χ0v) is 13.3. The molecule has 0 saturated heterocycles. The van der Waals surface area contributed by atoms with Crippen LogP contribution in [0.15, 0.2) is 34.8 Å². The summed E-state index contributed by atoms with van der Waals surface area (Å²) in [7, 11) is 0. The van der Waals surface area contributed by atoms with Crippen molar-refractivity contribution >= 4 is 28.8 Å². The van der Waals surface area contributed by atoms with Crippen LogP contribution in [0.5, 0.6) is 0 Å². The van der Waals surface area contributed by atoms with Crippen LogP contribution in [0.4, 0.5) is 5.69 Å². The summed E-state index contributed by atoms with van der Waals surface area (Å²) in [6.45, 7) is 3.69. The lowest BCUT2D eigenvalue weighted by molar-refractivity contribution is -0.120. The van der Waals surface area contributed by atoms with Crippen molar-refractivity contribution < 1.29 is 9.63 Å². The number of oxime groups is 1. The van der Waals surface area contributed by atoms with Crippen molar-refractivity contribution in [2.75, 3.05) is 11.9 Å². The van der Waals surface area contributed by atoms with Gasteiger partial charge in [0.15, 0.2) is 6.61 Å². The Morgan fingerprint density at radius 3 is 2.95 bits per heavy atom. The minimum Gasteiger partial charge on any atom is -0.384 e. The molecular weight excluding hydrogens is 300 g/mol. The Morgan fingerprint density at radius 1 is 1.45 bits per heavy atom. The molecule has 0 unspecified atom stereocenters. The van der Waals surface area contributed by atoms with Crippen molar-refractivity contribution in [2.45, 2.75) is 20.3 Å². The van der Waals surface area contributed by atoms with E-state index in [0.29, 0.717) is 6.42 Å². The molecule has 0 radical (unpaired) electrons. The molecule has 1 aromatic heterocycles. The summed E-state index contributed by atoms with van der Waals surface area (Å²) >= 11 is 1.55. The highest BCUT2D eigenvalue weighted by Crippen LogP contribution is 2.09. The molecule has 0 fully saturated rings. The summed E-state index contributed by atoms with van der Waals surface area (Å²) in [6, 6.07) is 7.52. The van der Waals surface area contributed by atoms with Gasteiger partial charge in [-0.15, -0.1) is 11.3 Å². The first-order chi connectivity index (χ1) is 10.5. The molecule has 7 heteroatoms. The molecule has 3 N–H and O–H groups in total. The average Bonchev–Trinajstić information content (AvgIpc) is 2.84. The standard InChI is InChI=1S/C15H18N4O2S/c1-10-4-3-5-12(6-10)18-15(20)8-21-19-14(16)7-13-9-22-11(2)17-13/h3-6,9H,7-8H2,1-2H3,(H2,16,19)(H,18,20). The molecule has 0 bridgehead atoms. The lowest BCUT2D eigenvalue weighted by atomic mass is 10.2. The van der Waals surface area contributed by atoms with Crippen LogP contribution in [0.1, 0.15) is 16.3 Å². The number of nitrogens with two attached hydrogens (primary N) is 1. The van der Waals surface area contributed by atoms with Gasteiger partial charge in [0.2, 0.25) is 0 Å². The van der Waals surface area contributed by atoms with Crippen LogP contribution < -0.4 is 11.1 Å². The number of nitrogens with zero attached hydrogens (tertiary/aromatic N) is 2. The maximum atomic E-state index is 11.7. The van der Waals surface area contributed by atoms with Gasteiger partial charge in [0, 0.05) is 11.1 Å². The second-order valence-corrected chi connectivity index (χ2v) is 5.87. The summed E-state index contributed by atoms with van der Waals surface area (Å²) in [5.74, 6) is 0.000285. The number of hydrogen-bond acceptors (Lipinski definition) is 5. The van der Waals surface area contributed by atoms with E-state index in [2.05, 4.69) is 15.5 Å². The number of amides is 1. The monoisotopic (exact) mass is 318 g/mol. The maximum absolute atomic E-state index is 11.7. The van der Waals surface area contributed by atoms with Crippen LogP contribution in [0.3, 0.4) is 0 Å². The largest absolute Gasteiger partial charge is 0.384 e. The number of rotatable bonds is 6. The number of aromatic nitrogens is 1. The average molecular weight is 318 g/mol. The van der Waals surface area contributed by atoms with E-state index in [9.17, 15) is 4.79 Å². The van der Waals surface area contributed by atoms with E-state index in [1.165, 1.54) is 0 Å². The van der Waals surface area contributed by atoms with Gasteiger partial charge in [0.05, 0.1) is 17.1 Å². The van der Waals surface area contributed by atoms with E-state index in [-0.39, 0.29) is 18.3 Å². The second-order valence-electron chi connectivity index (χ2n) is 4.81. The fourth-order valence-corrected chi connectivity index (χ4v) is 2.41. The summed E-state index contributed by atoms with van der Waals surface area (Å²) < 4.78 is 0. The molecule has 0 aliphatic heterocycles. The Labute approximate surface area is 133 Å². The van der Waals surface area contributed by atoms with Crippen molar-refractivity contribution in [3.8, 4) is 0 Å². The smallest absolute Gasteiger partial charge is 0.265 e. The van der Waals surface area contributed by atoms with Crippen LogP contribution in [-0.2, 0) is 16.1 Å². The van der Waals surface area contributed by atoms with Crippen molar-refractivity contribution in [1.29, 1.82) is 0 Å². The lowest BCUT2D eigenvalue weighted by Crippen LogP contribution is -2.20. The predicted molar refractivity (Wildman–Crippen MR) is 87.9 cm³/mol. The maximum Gasteiger partial charge on any atom is 0.265 e. The third-order valence-electron chi connectivity index (χ3n) is 2.71. The molecule has 0 atom stereocenters. The molecule has 0 spiro atoms. The number of benzene rings is 1. The molecule has 22 heavy (non-hydrogen) atoms. The third-order valence-corrected chi connectivity index (χ3v) is 3.53. The number of carbonyl (C=O) groups is 1. The highest BCUT2D eigenvalue weighted by molar-refractivity contribution is 7.09. The zero-order chi connectivity index (χ0) is 15.9. The number of amidine groups is 1. The fraction of sp³-hybridized carbons (Fsp3) is 0.267. The predicted octanol–water partition coefficient (Wildman–Crippen LogP) is 2.23. The lowest BCUT2D eigenvalue weighted by Gasteiger charge is -2.05. The topological polar surface area (TPSA) is 89.6 Å². The Bertz CT molecular complexity index is 682. The Balaban J connectivity index is 1.77. The first-order valence-electron chi connectivity index (χ1n) is 6.75. The minimum atomic E-state index is -0.286. The van der Waals surface area contributed by atoms with Gasteiger partial charge in [0.25, 0.3) is 5.91 Å². The second kappa shape index (κ2) is 7.56. The first-order valence-corrected chi connectivity index (χ1v) is 7.63. The number of thiazole rings is 1. The van der Waals surface area contributed by atoms with Gasteiger partial charge in [0.1, 0.15) is 5.84 Å².